The van der Waals surface area contributed by atoms with Crippen LogP contribution in [0, 0.1) is 5.82 Å². The number of nitrogens with one attached hydrogen (secondary N) is 1. The molecule has 1 aliphatic heterocycles. The number of halogens is 2. The zero-order chi connectivity index (χ0) is 12.3. The molecule has 17 heavy (non-hydrogen) atoms. The zero-order valence-corrected chi connectivity index (χ0v) is 10.8. The molecule has 0 saturated carbocycles. The van der Waals surface area contributed by atoms with Crippen molar-refractivity contribution >= 4 is 11.6 Å². The predicted octanol–water partition coefficient (Wildman–Crippen LogP) is 2.66. The first kappa shape index (κ1) is 12.8. The monoisotopic (exact) mass is 256 g/mol. The maximum absolute atomic E-state index is 13.6. The van der Waals surface area contributed by atoms with E-state index in [1.54, 1.807) is 12.1 Å². The number of likely N-dealkylation sites (tertiary alicyclic amines) is 1. The standard InChI is InChI=1S/C13H18ClFN2/c1-16-12-3-2-6-17(9-12)8-10-7-11(14)4-5-13(10)15/h4-5,7,12,16H,2-3,6,8-9H2,1H3. The molecular weight excluding hydrogens is 239 g/mol. The van der Waals surface area contributed by atoms with Crippen molar-refractivity contribution in [3.63, 3.8) is 0 Å². The lowest BCUT2D eigenvalue weighted by Gasteiger charge is -2.32. The number of hydrogen-bond acceptors (Lipinski definition) is 2. The Morgan fingerprint density at radius 2 is 2.35 bits per heavy atom. The van der Waals surface area contributed by atoms with Crippen molar-refractivity contribution < 1.29 is 4.39 Å². The van der Waals surface area contributed by atoms with Crippen molar-refractivity contribution in [3.8, 4) is 0 Å². The fourth-order valence-electron chi connectivity index (χ4n) is 2.34. The van der Waals surface area contributed by atoms with Crippen molar-refractivity contribution in [1.29, 1.82) is 0 Å². The van der Waals surface area contributed by atoms with Gasteiger partial charge in [-0.1, -0.05) is 11.6 Å². The number of hydrogen-bond donors (Lipinski definition) is 1. The van der Waals surface area contributed by atoms with Crippen LogP contribution in [0.5, 0.6) is 0 Å². The van der Waals surface area contributed by atoms with Crippen LogP contribution in [-0.4, -0.2) is 31.1 Å². The SMILES string of the molecule is CNC1CCCN(Cc2cc(Cl)ccc2F)C1. The van der Waals surface area contributed by atoms with E-state index >= 15 is 0 Å². The summed E-state index contributed by atoms with van der Waals surface area (Å²) in [5, 5.41) is 3.88. The lowest BCUT2D eigenvalue weighted by atomic mass is 10.0. The predicted molar refractivity (Wildman–Crippen MR) is 68.8 cm³/mol. The van der Waals surface area contributed by atoms with Gasteiger partial charge in [-0.05, 0) is 44.6 Å². The molecule has 0 bridgehead atoms. The van der Waals surface area contributed by atoms with Gasteiger partial charge in [0.1, 0.15) is 5.82 Å². The summed E-state index contributed by atoms with van der Waals surface area (Å²) in [6.07, 6.45) is 2.36. The molecule has 1 aliphatic rings. The fourth-order valence-corrected chi connectivity index (χ4v) is 2.53. The van der Waals surface area contributed by atoms with Crippen LogP contribution in [0.1, 0.15) is 18.4 Å². The van der Waals surface area contributed by atoms with Crippen molar-refractivity contribution in [2.24, 2.45) is 0 Å². The lowest BCUT2D eigenvalue weighted by Crippen LogP contribution is -2.43. The summed E-state index contributed by atoms with van der Waals surface area (Å²) in [7, 11) is 1.98. The molecule has 2 rings (SSSR count). The topological polar surface area (TPSA) is 15.3 Å². The van der Waals surface area contributed by atoms with Gasteiger partial charge >= 0.3 is 0 Å². The third kappa shape index (κ3) is 3.41. The third-order valence-electron chi connectivity index (χ3n) is 3.32. The molecule has 1 fully saturated rings. The Morgan fingerprint density at radius 3 is 3.12 bits per heavy atom. The van der Waals surface area contributed by atoms with Crippen molar-refractivity contribution in [2.75, 3.05) is 20.1 Å². The highest BCUT2D eigenvalue weighted by Gasteiger charge is 2.19. The van der Waals surface area contributed by atoms with Gasteiger partial charge in [-0.3, -0.25) is 4.90 Å². The van der Waals surface area contributed by atoms with Crippen LogP contribution in [-0.2, 0) is 6.54 Å². The van der Waals surface area contributed by atoms with E-state index in [9.17, 15) is 4.39 Å². The summed E-state index contributed by atoms with van der Waals surface area (Å²) in [4.78, 5) is 2.28. The Kier molecular flexibility index (Phi) is 4.37. The Bertz CT molecular complexity index is 384. The molecular formula is C13H18ClFN2. The largest absolute Gasteiger partial charge is 0.316 e. The van der Waals surface area contributed by atoms with Crippen molar-refractivity contribution in [1.82, 2.24) is 10.2 Å². The molecule has 0 aliphatic carbocycles. The number of benzene rings is 1. The minimum Gasteiger partial charge on any atom is -0.316 e. The van der Waals surface area contributed by atoms with Crippen LogP contribution < -0.4 is 5.32 Å². The molecule has 0 aromatic heterocycles. The van der Waals surface area contributed by atoms with Gasteiger partial charge in [0.05, 0.1) is 0 Å². The van der Waals surface area contributed by atoms with Crippen LogP contribution >= 0.6 is 11.6 Å². The average Bonchev–Trinajstić information content (AvgIpc) is 2.34. The van der Waals surface area contributed by atoms with Gasteiger partial charge in [0, 0.05) is 29.7 Å². The summed E-state index contributed by atoms with van der Waals surface area (Å²) >= 11 is 5.89. The summed E-state index contributed by atoms with van der Waals surface area (Å²) in [5.41, 5.74) is 0.689. The summed E-state index contributed by atoms with van der Waals surface area (Å²) in [6.45, 7) is 2.65. The zero-order valence-electron chi connectivity index (χ0n) is 10.0. The van der Waals surface area contributed by atoms with E-state index < -0.39 is 0 Å². The lowest BCUT2D eigenvalue weighted by molar-refractivity contribution is 0.186. The first-order valence-corrected chi connectivity index (χ1v) is 6.40. The second-order valence-electron chi connectivity index (χ2n) is 4.60. The fraction of sp³-hybridized carbons (Fsp3) is 0.538. The average molecular weight is 257 g/mol. The van der Waals surface area contributed by atoms with E-state index in [0.29, 0.717) is 23.2 Å². The van der Waals surface area contributed by atoms with E-state index in [0.717, 1.165) is 19.5 Å². The molecule has 0 radical (unpaired) electrons. The molecule has 2 nitrogen and oxygen atoms in total. The van der Waals surface area contributed by atoms with E-state index in [1.807, 2.05) is 7.05 Å². The molecule has 1 saturated heterocycles. The molecule has 94 valence electrons. The molecule has 1 aromatic carbocycles. The minimum atomic E-state index is -0.166. The highest BCUT2D eigenvalue weighted by Crippen LogP contribution is 2.19. The molecule has 1 aromatic rings. The van der Waals surface area contributed by atoms with Crippen LogP contribution in [0.2, 0.25) is 5.02 Å². The van der Waals surface area contributed by atoms with E-state index in [2.05, 4.69) is 10.2 Å². The number of piperidine rings is 1. The minimum absolute atomic E-state index is 0.166. The first-order valence-electron chi connectivity index (χ1n) is 6.02. The van der Waals surface area contributed by atoms with E-state index in [4.69, 9.17) is 11.6 Å². The molecule has 1 N–H and O–H groups in total. The summed E-state index contributed by atoms with van der Waals surface area (Å²) in [5.74, 6) is -0.166. The molecule has 0 amide bonds. The Morgan fingerprint density at radius 1 is 1.53 bits per heavy atom. The second-order valence-corrected chi connectivity index (χ2v) is 5.04. The number of rotatable bonds is 3. The molecule has 4 heteroatoms. The van der Waals surface area contributed by atoms with E-state index in [-0.39, 0.29) is 5.82 Å². The van der Waals surface area contributed by atoms with Crippen molar-refractivity contribution in [2.45, 2.75) is 25.4 Å². The number of likely N-dealkylation sites (N-methyl/N-ethyl adjacent to an activating group) is 1. The van der Waals surface area contributed by atoms with Crippen LogP contribution in [0.3, 0.4) is 0 Å². The van der Waals surface area contributed by atoms with Crippen molar-refractivity contribution in [3.05, 3.63) is 34.6 Å². The van der Waals surface area contributed by atoms with Gasteiger partial charge in [0.25, 0.3) is 0 Å². The third-order valence-corrected chi connectivity index (χ3v) is 3.55. The Hall–Kier alpha value is -0.640. The smallest absolute Gasteiger partial charge is 0.127 e. The van der Waals surface area contributed by atoms with Crippen LogP contribution in [0.4, 0.5) is 4.39 Å². The number of nitrogens with zero attached hydrogens (tertiary/aromatic N) is 1. The summed E-state index contributed by atoms with van der Waals surface area (Å²) in [6, 6.07) is 5.27. The molecule has 1 atom stereocenters. The van der Waals surface area contributed by atoms with Gasteiger partial charge in [0.2, 0.25) is 0 Å². The van der Waals surface area contributed by atoms with Crippen LogP contribution in [0.25, 0.3) is 0 Å². The maximum atomic E-state index is 13.6. The molecule has 1 unspecified atom stereocenters. The normalized spacial score (nSPS) is 21.7. The Balaban J connectivity index is 2.02. The Labute approximate surface area is 107 Å². The van der Waals surface area contributed by atoms with Crippen LogP contribution in [0.15, 0.2) is 18.2 Å². The van der Waals surface area contributed by atoms with Gasteiger partial charge in [0.15, 0.2) is 0 Å². The first-order chi connectivity index (χ1) is 8.19. The van der Waals surface area contributed by atoms with E-state index in [1.165, 1.54) is 12.5 Å². The van der Waals surface area contributed by atoms with Gasteiger partial charge in [-0.15, -0.1) is 0 Å². The highest BCUT2D eigenvalue weighted by molar-refractivity contribution is 6.30. The quantitative estimate of drug-likeness (QED) is 0.895. The maximum Gasteiger partial charge on any atom is 0.127 e. The molecule has 1 heterocycles. The highest BCUT2D eigenvalue weighted by atomic mass is 35.5. The second kappa shape index (κ2) is 5.80. The molecule has 0 spiro atoms. The van der Waals surface area contributed by atoms with Gasteiger partial charge < -0.3 is 5.32 Å². The summed E-state index contributed by atoms with van der Waals surface area (Å²) < 4.78 is 13.6. The van der Waals surface area contributed by atoms with Gasteiger partial charge in [-0.25, -0.2) is 4.39 Å². The van der Waals surface area contributed by atoms with Gasteiger partial charge in [-0.2, -0.15) is 0 Å².